The third kappa shape index (κ3) is 7.73. The Morgan fingerprint density at radius 3 is 1.42 bits per heavy atom. The van der Waals surface area contributed by atoms with E-state index in [4.69, 9.17) is 23.2 Å². The molecule has 38 heavy (non-hydrogen) atoms. The predicted octanol–water partition coefficient (Wildman–Crippen LogP) is 11.4. The van der Waals surface area contributed by atoms with E-state index in [1.807, 2.05) is 0 Å². The number of hydrogen-bond donors (Lipinski definition) is 0. The number of halogens is 14. The lowest BCUT2D eigenvalue weighted by atomic mass is 10.3. The van der Waals surface area contributed by atoms with Crippen molar-refractivity contribution in [3.63, 3.8) is 0 Å². The highest BCUT2D eigenvalue weighted by atomic mass is 79.9. The Bertz CT molecular complexity index is 1260. The molecule has 2 aromatic carbocycles. The van der Waals surface area contributed by atoms with Gasteiger partial charge in [-0.15, -0.1) is 0 Å². The van der Waals surface area contributed by atoms with Gasteiger partial charge in [-0.1, -0.05) is 62.1 Å². The van der Waals surface area contributed by atoms with Gasteiger partial charge in [0.25, 0.3) is 0 Å². The van der Waals surface area contributed by atoms with Crippen LogP contribution in [0.3, 0.4) is 0 Å². The molecule has 0 saturated carbocycles. The summed E-state index contributed by atoms with van der Waals surface area (Å²) in [7, 11) is -18.6. The van der Waals surface area contributed by atoms with Crippen molar-refractivity contribution in [2.45, 2.75) is 9.79 Å². The lowest BCUT2D eigenvalue weighted by molar-refractivity contribution is -0.389. The number of methoxy groups -OCH3 is 2. The maximum absolute atomic E-state index is 12.7. The molecular weight excluding hydrogens is 777 g/mol. The Hall–Kier alpha value is -1.62. The minimum atomic E-state index is -10.3. The fourth-order valence-corrected chi connectivity index (χ4v) is 6.79. The number of nitrogens with zero attached hydrogens (tertiary/aromatic N) is 2. The molecule has 220 valence electrons. The van der Waals surface area contributed by atoms with Crippen LogP contribution < -0.4 is 9.47 Å². The summed E-state index contributed by atoms with van der Waals surface area (Å²) in [6.07, 6.45) is 0. The molecule has 0 fully saturated rings. The van der Waals surface area contributed by atoms with Crippen LogP contribution in [0, 0.1) is 20.2 Å². The smallest absolute Gasteiger partial charge is 0.316 e. The zero-order valence-corrected chi connectivity index (χ0v) is 23.9. The molecule has 8 nitrogen and oxygen atoms in total. The average molecular weight is 785 g/mol. The maximum atomic E-state index is 12.7. The normalized spacial score (nSPS) is 15.6. The maximum Gasteiger partial charge on any atom is 0.316 e. The SMILES string of the molecule is COc1c(Br)cc(S(F)(F)(F)(F)F)c([N+](=O)[O-])c1Cl.COc1c(Cl)cc(S(F)(F)(F)(F)F)c([N+](=O)[O-])c1Br. The number of nitro benzene ring substituents is 2. The number of ether oxygens (including phenoxy) is 2. The summed E-state index contributed by atoms with van der Waals surface area (Å²) in [6.45, 7) is 0. The van der Waals surface area contributed by atoms with Gasteiger partial charge in [0, 0.05) is 0 Å². The minimum absolute atomic E-state index is 0.121. The van der Waals surface area contributed by atoms with Crippen molar-refractivity contribution < 1.29 is 58.2 Å². The third-order valence-corrected chi connectivity index (χ3v) is 8.08. The van der Waals surface area contributed by atoms with E-state index in [0.717, 1.165) is 14.2 Å². The molecule has 0 radical (unpaired) electrons. The van der Waals surface area contributed by atoms with Gasteiger partial charge in [-0.05, 0) is 44.0 Å². The van der Waals surface area contributed by atoms with E-state index >= 15 is 0 Å². The van der Waals surface area contributed by atoms with Crippen molar-refractivity contribution >= 4 is 86.9 Å². The molecule has 0 bridgehead atoms. The number of benzene rings is 2. The molecular formula is C14H8Br2Cl2F10N2O6S2. The Balaban J connectivity index is 0.000000380. The van der Waals surface area contributed by atoms with Crippen LogP contribution in [0.5, 0.6) is 11.5 Å². The number of hydrogen-bond acceptors (Lipinski definition) is 6. The summed E-state index contributed by atoms with van der Waals surface area (Å²) >= 11 is 15.6. The Morgan fingerprint density at radius 2 is 1.11 bits per heavy atom. The van der Waals surface area contributed by atoms with Crippen molar-refractivity contribution in [1.82, 2.24) is 0 Å². The van der Waals surface area contributed by atoms with Crippen molar-refractivity contribution in [3.8, 4) is 11.5 Å². The Kier molecular flexibility index (Phi) is 8.10. The molecule has 0 unspecified atom stereocenters. The molecule has 2 rings (SSSR count). The summed E-state index contributed by atoms with van der Waals surface area (Å²) in [5.74, 6) is -1.09. The van der Waals surface area contributed by atoms with Crippen molar-refractivity contribution in [1.29, 1.82) is 0 Å². The van der Waals surface area contributed by atoms with Gasteiger partial charge in [0.1, 0.15) is 4.47 Å². The fourth-order valence-electron chi connectivity index (χ4n) is 2.44. The van der Waals surface area contributed by atoms with Gasteiger partial charge in [-0.25, -0.2) is 0 Å². The highest BCUT2D eigenvalue weighted by Gasteiger charge is 2.70. The summed E-state index contributed by atoms with van der Waals surface area (Å²) in [5.41, 5.74) is -3.79. The zero-order valence-electron chi connectivity index (χ0n) is 17.6. The molecule has 0 spiro atoms. The summed E-state index contributed by atoms with van der Waals surface area (Å²) < 4.78 is 135. The monoisotopic (exact) mass is 782 g/mol. The van der Waals surface area contributed by atoms with Crippen LogP contribution in [0.25, 0.3) is 0 Å². The zero-order chi connectivity index (χ0) is 30.6. The van der Waals surface area contributed by atoms with Gasteiger partial charge in [0.15, 0.2) is 26.3 Å². The Morgan fingerprint density at radius 1 is 0.737 bits per heavy atom. The summed E-state index contributed by atoms with van der Waals surface area (Å²) in [6, 6.07) is -0.338. The first-order valence-electron chi connectivity index (χ1n) is 8.26. The molecule has 0 aliphatic heterocycles. The summed E-state index contributed by atoms with van der Waals surface area (Å²) in [4.78, 5) is 12.6. The van der Waals surface area contributed by atoms with Crippen LogP contribution in [0.1, 0.15) is 0 Å². The van der Waals surface area contributed by atoms with Gasteiger partial charge >= 0.3 is 31.8 Å². The fraction of sp³-hybridized carbons (Fsp3) is 0.143. The molecule has 0 aliphatic rings. The number of rotatable bonds is 6. The largest absolute Gasteiger partial charge is 0.494 e. The molecule has 2 aromatic rings. The minimum Gasteiger partial charge on any atom is -0.494 e. The summed E-state index contributed by atoms with van der Waals surface area (Å²) in [5, 5.41) is 19.2. The van der Waals surface area contributed by atoms with E-state index in [-0.39, 0.29) is 12.1 Å². The molecule has 0 atom stereocenters. The van der Waals surface area contributed by atoms with E-state index in [0.29, 0.717) is 0 Å². The van der Waals surface area contributed by atoms with Crippen LogP contribution >= 0.6 is 75.5 Å². The molecule has 0 saturated heterocycles. The lowest BCUT2D eigenvalue weighted by Gasteiger charge is -2.40. The first kappa shape index (κ1) is 34.4. The first-order valence-corrected chi connectivity index (χ1v) is 14.5. The Labute approximate surface area is 231 Å². The van der Waals surface area contributed by atoms with E-state index in [9.17, 15) is 59.1 Å². The van der Waals surface area contributed by atoms with Crippen LogP contribution in [0.2, 0.25) is 10.0 Å². The van der Waals surface area contributed by atoms with Gasteiger partial charge in [-0.3, -0.25) is 20.2 Å². The van der Waals surface area contributed by atoms with Crippen LogP contribution in [-0.4, -0.2) is 24.1 Å². The molecule has 24 heteroatoms. The second-order valence-corrected chi connectivity index (χ2v) is 13.7. The highest BCUT2D eigenvalue weighted by molar-refractivity contribution is 9.11. The van der Waals surface area contributed by atoms with Crippen LogP contribution in [0.4, 0.5) is 50.2 Å². The topological polar surface area (TPSA) is 105 Å². The molecule has 0 heterocycles. The number of nitro groups is 2. The lowest BCUT2D eigenvalue weighted by Crippen LogP contribution is -2.10. The van der Waals surface area contributed by atoms with E-state index in [1.165, 1.54) is 0 Å². The van der Waals surface area contributed by atoms with Crippen molar-refractivity contribution in [2.24, 2.45) is 0 Å². The van der Waals surface area contributed by atoms with Crippen molar-refractivity contribution in [2.75, 3.05) is 14.2 Å². The van der Waals surface area contributed by atoms with Gasteiger partial charge in [-0.2, -0.15) is 0 Å². The van der Waals surface area contributed by atoms with Crippen molar-refractivity contribution in [3.05, 3.63) is 51.4 Å². The standard InChI is InChI=1S/2C7H4BrClF5NO3S/c1-18-7-3(9)2-4(19(10,11,12,13)14)6(5(7)8)15(16)17;1-18-7-3(8)2-4(19(10,11,12,13)14)6(5(7)9)15(16)17/h2*2H,1H3. The van der Waals surface area contributed by atoms with Gasteiger partial charge < -0.3 is 9.47 Å². The molecule has 0 aliphatic carbocycles. The van der Waals surface area contributed by atoms with E-state index < -0.39 is 82.0 Å². The van der Waals surface area contributed by atoms with Crippen LogP contribution in [0.15, 0.2) is 30.9 Å². The molecule has 0 aromatic heterocycles. The predicted molar refractivity (Wildman–Crippen MR) is 128 cm³/mol. The van der Waals surface area contributed by atoms with Gasteiger partial charge in [0.2, 0.25) is 0 Å². The second-order valence-electron chi connectivity index (χ2n) is 6.56. The van der Waals surface area contributed by atoms with E-state index in [2.05, 4.69) is 41.3 Å². The van der Waals surface area contributed by atoms with Crippen LogP contribution in [-0.2, 0) is 0 Å². The second kappa shape index (κ2) is 8.94. The highest BCUT2D eigenvalue weighted by Crippen LogP contribution is 3.04. The molecule has 0 amide bonds. The third-order valence-electron chi connectivity index (χ3n) is 3.84. The van der Waals surface area contributed by atoms with Gasteiger partial charge in [0.05, 0.1) is 33.6 Å². The average Bonchev–Trinajstić information content (AvgIpc) is 2.64. The quantitative estimate of drug-likeness (QED) is 0.164. The van der Waals surface area contributed by atoms with E-state index in [1.54, 1.807) is 0 Å². The first-order chi connectivity index (χ1) is 16.4. The molecule has 0 N–H and O–H groups in total.